The summed E-state index contributed by atoms with van der Waals surface area (Å²) >= 11 is 0. The number of hydrogen-bond acceptors (Lipinski definition) is 3. The Hall–Kier alpha value is -5.28. The Morgan fingerprint density at radius 2 is 1.39 bits per heavy atom. The summed E-state index contributed by atoms with van der Waals surface area (Å²) in [4.78, 5) is 8.42. The Kier molecular flexibility index (Phi) is 13.4. The fraction of sp³-hybridized carbons (Fsp3) is 0.0526. The first-order chi connectivity index (χ1) is 20.3. The molecule has 41 heavy (non-hydrogen) atoms. The first-order valence-corrected chi connectivity index (χ1v) is 13.6. The van der Waals surface area contributed by atoms with E-state index in [1.54, 1.807) is 12.3 Å². The maximum atomic E-state index is 5.39. The summed E-state index contributed by atoms with van der Waals surface area (Å²) in [7, 11) is 0. The highest BCUT2D eigenvalue weighted by Gasteiger charge is 2.05. The molecule has 0 spiro atoms. The average molecular weight is 536 g/mol. The van der Waals surface area contributed by atoms with Crippen LogP contribution in [0.15, 0.2) is 180 Å². The molecule has 0 aliphatic heterocycles. The van der Waals surface area contributed by atoms with Gasteiger partial charge in [-0.1, -0.05) is 140 Å². The van der Waals surface area contributed by atoms with Crippen molar-refractivity contribution in [1.29, 1.82) is 0 Å². The van der Waals surface area contributed by atoms with Gasteiger partial charge in [-0.05, 0) is 71.1 Å². The van der Waals surface area contributed by atoms with Gasteiger partial charge in [0.05, 0.1) is 12.3 Å². The molecule has 4 aromatic carbocycles. The Morgan fingerprint density at radius 1 is 0.707 bits per heavy atom. The molecular weight excluding hydrogens is 498 g/mol. The number of allylic oxidation sites excluding steroid dienone is 10. The zero-order chi connectivity index (χ0) is 29.0. The topological polar surface area (TPSA) is 50.7 Å². The monoisotopic (exact) mass is 535 g/mol. The number of fused-ring (bicyclic) bond motifs is 1. The van der Waals surface area contributed by atoms with Crippen molar-refractivity contribution in [1.82, 2.24) is 0 Å². The van der Waals surface area contributed by atoms with Gasteiger partial charge in [-0.2, -0.15) is 0 Å². The first kappa shape index (κ1) is 30.3. The van der Waals surface area contributed by atoms with E-state index < -0.39 is 0 Å². The number of aliphatic imine (C=N–C) groups is 2. The first-order valence-electron chi connectivity index (χ1n) is 13.6. The summed E-state index contributed by atoms with van der Waals surface area (Å²) in [5, 5.41) is 2.51. The molecular formula is C38H37N3. The second-order valence-electron chi connectivity index (χ2n) is 8.85. The molecule has 0 atom stereocenters. The van der Waals surface area contributed by atoms with Crippen LogP contribution >= 0.6 is 0 Å². The van der Waals surface area contributed by atoms with Crippen molar-refractivity contribution >= 4 is 23.2 Å². The molecule has 0 aliphatic rings. The zero-order valence-electron chi connectivity index (χ0n) is 23.6. The molecule has 0 fully saturated rings. The number of nitrogens with two attached hydrogens (primary N) is 1. The van der Waals surface area contributed by atoms with E-state index >= 15 is 0 Å². The van der Waals surface area contributed by atoms with Gasteiger partial charge in [0.15, 0.2) is 0 Å². The minimum absolute atomic E-state index is 0.637. The second kappa shape index (κ2) is 18.1. The molecule has 4 rings (SSSR count). The quantitative estimate of drug-likeness (QED) is 0.160. The highest BCUT2D eigenvalue weighted by atomic mass is 14.7. The van der Waals surface area contributed by atoms with Crippen LogP contribution in [0.3, 0.4) is 0 Å². The van der Waals surface area contributed by atoms with Crippen LogP contribution in [0, 0.1) is 0 Å². The van der Waals surface area contributed by atoms with Gasteiger partial charge in [0, 0.05) is 6.20 Å². The predicted octanol–water partition coefficient (Wildman–Crippen LogP) is 9.41. The normalized spacial score (nSPS) is 12.4. The molecule has 4 aromatic rings. The fourth-order valence-electron chi connectivity index (χ4n) is 3.99. The van der Waals surface area contributed by atoms with Gasteiger partial charge in [-0.15, -0.1) is 0 Å². The van der Waals surface area contributed by atoms with E-state index in [1.807, 2.05) is 79.8 Å². The third-order valence-corrected chi connectivity index (χ3v) is 5.97. The summed E-state index contributed by atoms with van der Waals surface area (Å²) in [6.07, 6.45) is 22.4. The Bertz CT molecular complexity index is 1560. The van der Waals surface area contributed by atoms with Crippen LogP contribution in [-0.4, -0.2) is 12.4 Å². The largest absolute Gasteiger partial charge is 0.405 e. The Labute approximate surface area is 244 Å². The molecule has 0 saturated heterocycles. The lowest BCUT2D eigenvalue weighted by molar-refractivity contribution is 1.07. The van der Waals surface area contributed by atoms with Crippen molar-refractivity contribution < 1.29 is 0 Å². The number of benzene rings is 4. The molecule has 204 valence electrons. The summed E-state index contributed by atoms with van der Waals surface area (Å²) in [6, 6.07) is 33.9. The van der Waals surface area contributed by atoms with Gasteiger partial charge < -0.3 is 5.73 Å². The van der Waals surface area contributed by atoms with Gasteiger partial charge in [-0.3, -0.25) is 9.98 Å². The molecule has 0 saturated carbocycles. The number of nitrogens with zero attached hydrogens (tertiary/aromatic N) is 2. The lowest BCUT2D eigenvalue weighted by Gasteiger charge is -2.09. The summed E-state index contributed by atoms with van der Waals surface area (Å²) in [5.74, 6) is 0. The average Bonchev–Trinajstić information content (AvgIpc) is 3.03. The van der Waals surface area contributed by atoms with E-state index in [0.29, 0.717) is 6.54 Å². The van der Waals surface area contributed by atoms with Gasteiger partial charge in [-0.25, -0.2) is 0 Å². The van der Waals surface area contributed by atoms with Crippen LogP contribution in [0.25, 0.3) is 21.9 Å². The lowest BCUT2D eigenvalue weighted by Crippen LogP contribution is -1.98. The summed E-state index contributed by atoms with van der Waals surface area (Å²) in [5.41, 5.74) is 11.0. The van der Waals surface area contributed by atoms with Crippen molar-refractivity contribution in [2.24, 2.45) is 15.7 Å². The van der Waals surface area contributed by atoms with Crippen LogP contribution in [0.1, 0.15) is 18.1 Å². The van der Waals surface area contributed by atoms with Crippen molar-refractivity contribution in [3.63, 3.8) is 0 Å². The SMILES string of the molecule is C=N/C=C/C=C/C=C\C.N\C=C/C=C/C=C/C(=NCc1ccccc1)c1ccc(-c2cccc3ccccc23)cc1. The zero-order valence-corrected chi connectivity index (χ0v) is 23.6. The van der Waals surface area contributed by atoms with Crippen molar-refractivity contribution in [3.05, 3.63) is 181 Å². The van der Waals surface area contributed by atoms with Crippen LogP contribution in [0.4, 0.5) is 0 Å². The van der Waals surface area contributed by atoms with Crippen molar-refractivity contribution in [2.75, 3.05) is 0 Å². The standard InChI is InChI=1S/C30H26N2.C8H11N/c31-22-9-2-1-6-17-30(32-23-24-11-4-3-5-12-24)27-20-18-26(19-21-27)29-16-10-14-25-13-7-8-15-28(25)29;1-3-4-5-6-7-8-9-2/h1-22H,23,31H2;3-8H,2H2,1H3/b2-1+,17-6+,22-9-,32-30?;4-3-,6-5+,8-7+. The Balaban J connectivity index is 0.000000445. The number of hydrogen-bond donors (Lipinski definition) is 1. The minimum atomic E-state index is 0.637. The molecule has 0 amide bonds. The molecule has 0 bridgehead atoms. The van der Waals surface area contributed by atoms with E-state index in [9.17, 15) is 0 Å². The lowest BCUT2D eigenvalue weighted by atomic mass is 9.97. The van der Waals surface area contributed by atoms with Crippen molar-refractivity contribution in [2.45, 2.75) is 13.5 Å². The molecule has 2 N–H and O–H groups in total. The van der Waals surface area contributed by atoms with Crippen molar-refractivity contribution in [3.8, 4) is 11.1 Å². The minimum Gasteiger partial charge on any atom is -0.405 e. The van der Waals surface area contributed by atoms with Gasteiger partial charge in [0.1, 0.15) is 0 Å². The third kappa shape index (κ3) is 10.4. The van der Waals surface area contributed by atoms with E-state index in [-0.39, 0.29) is 0 Å². The molecule has 0 heterocycles. The fourth-order valence-corrected chi connectivity index (χ4v) is 3.99. The summed E-state index contributed by atoms with van der Waals surface area (Å²) in [6.45, 7) is 5.90. The highest BCUT2D eigenvalue weighted by molar-refractivity contribution is 6.09. The highest BCUT2D eigenvalue weighted by Crippen LogP contribution is 2.28. The predicted molar refractivity (Wildman–Crippen MR) is 180 cm³/mol. The van der Waals surface area contributed by atoms with E-state index in [0.717, 1.165) is 11.3 Å². The van der Waals surface area contributed by atoms with Crippen LogP contribution in [0.5, 0.6) is 0 Å². The van der Waals surface area contributed by atoms with Crippen LogP contribution in [-0.2, 0) is 6.54 Å². The maximum absolute atomic E-state index is 5.39. The molecule has 0 aromatic heterocycles. The molecule has 3 heteroatoms. The number of rotatable bonds is 10. The van der Waals surface area contributed by atoms with Gasteiger partial charge in [0.25, 0.3) is 0 Å². The molecule has 0 radical (unpaired) electrons. The van der Waals surface area contributed by atoms with Crippen LogP contribution < -0.4 is 5.73 Å². The van der Waals surface area contributed by atoms with E-state index in [1.165, 1.54) is 33.7 Å². The summed E-state index contributed by atoms with van der Waals surface area (Å²) < 4.78 is 0. The Morgan fingerprint density at radius 3 is 2.15 bits per heavy atom. The smallest absolute Gasteiger partial charge is 0.0650 e. The van der Waals surface area contributed by atoms with Crippen LogP contribution in [0.2, 0.25) is 0 Å². The third-order valence-electron chi connectivity index (χ3n) is 5.97. The van der Waals surface area contributed by atoms with E-state index in [2.05, 4.69) is 90.6 Å². The molecule has 0 unspecified atom stereocenters. The molecule has 0 aliphatic carbocycles. The van der Waals surface area contributed by atoms with E-state index in [4.69, 9.17) is 10.7 Å². The maximum Gasteiger partial charge on any atom is 0.0650 e. The van der Waals surface area contributed by atoms with Gasteiger partial charge in [0.2, 0.25) is 0 Å². The van der Waals surface area contributed by atoms with Gasteiger partial charge >= 0.3 is 0 Å². The molecule has 3 nitrogen and oxygen atoms in total. The second-order valence-corrected chi connectivity index (χ2v) is 8.85.